The minimum Gasteiger partial charge on any atom is -0.508 e. The van der Waals surface area contributed by atoms with E-state index in [0.29, 0.717) is 6.54 Å². The lowest BCUT2D eigenvalue weighted by molar-refractivity contribution is -0.121. The molecule has 0 aliphatic carbocycles. The molecule has 88 valence electrons. The van der Waals surface area contributed by atoms with Crippen molar-refractivity contribution in [1.82, 2.24) is 0 Å². The largest absolute Gasteiger partial charge is 0.508 e. The summed E-state index contributed by atoms with van der Waals surface area (Å²) < 4.78 is 0. The van der Waals surface area contributed by atoms with Crippen LogP contribution in [0.2, 0.25) is 0 Å². The van der Waals surface area contributed by atoms with E-state index in [1.54, 1.807) is 23.1 Å². The van der Waals surface area contributed by atoms with Crippen molar-refractivity contribution in [2.24, 2.45) is 5.92 Å². The number of hydrogen-bond acceptors (Lipinski definition) is 2. The molecule has 16 heavy (non-hydrogen) atoms. The third kappa shape index (κ3) is 2.75. The van der Waals surface area contributed by atoms with Gasteiger partial charge in [0.2, 0.25) is 5.91 Å². The first kappa shape index (κ1) is 12.6. The highest BCUT2D eigenvalue weighted by Gasteiger charge is 2.19. The van der Waals surface area contributed by atoms with Gasteiger partial charge in [0.15, 0.2) is 0 Å². The van der Waals surface area contributed by atoms with E-state index in [1.165, 1.54) is 0 Å². The number of amides is 1. The van der Waals surface area contributed by atoms with Crippen LogP contribution >= 0.6 is 0 Å². The molecule has 0 spiro atoms. The molecule has 0 bridgehead atoms. The Morgan fingerprint density at radius 1 is 1.44 bits per heavy atom. The molecule has 1 rings (SSSR count). The first-order valence-electron chi connectivity index (χ1n) is 5.70. The summed E-state index contributed by atoms with van der Waals surface area (Å²) in [4.78, 5) is 13.8. The van der Waals surface area contributed by atoms with Gasteiger partial charge in [-0.25, -0.2) is 0 Å². The van der Waals surface area contributed by atoms with Crippen molar-refractivity contribution in [2.75, 3.05) is 11.4 Å². The summed E-state index contributed by atoms with van der Waals surface area (Å²) >= 11 is 0. The van der Waals surface area contributed by atoms with Gasteiger partial charge in [0.05, 0.1) is 0 Å². The molecule has 3 nitrogen and oxygen atoms in total. The highest BCUT2D eigenvalue weighted by molar-refractivity contribution is 5.94. The number of carbonyl (C=O) groups excluding carboxylic acids is 1. The molecule has 0 saturated heterocycles. The average Bonchev–Trinajstić information content (AvgIpc) is 2.29. The van der Waals surface area contributed by atoms with Crippen LogP contribution in [0.1, 0.15) is 27.2 Å². The van der Waals surface area contributed by atoms with Crippen LogP contribution in [0.5, 0.6) is 5.75 Å². The fourth-order valence-electron chi connectivity index (χ4n) is 1.57. The normalized spacial score (nSPS) is 12.2. The summed E-state index contributed by atoms with van der Waals surface area (Å²) in [5.74, 6) is 0.311. The second-order valence-corrected chi connectivity index (χ2v) is 3.91. The summed E-state index contributed by atoms with van der Waals surface area (Å²) in [6.07, 6.45) is 0.828. The van der Waals surface area contributed by atoms with Crippen molar-refractivity contribution in [3.63, 3.8) is 0 Å². The van der Waals surface area contributed by atoms with Crippen LogP contribution in [0.4, 0.5) is 5.69 Å². The standard InChI is InChI=1S/C13H19NO2/c1-4-10(3)13(16)14(5-2)11-7-6-8-12(15)9-11/h6-10,15H,4-5H2,1-3H3. The Morgan fingerprint density at radius 3 is 2.62 bits per heavy atom. The number of rotatable bonds is 4. The van der Waals surface area contributed by atoms with Crippen molar-refractivity contribution < 1.29 is 9.90 Å². The summed E-state index contributed by atoms with van der Waals surface area (Å²) in [5.41, 5.74) is 0.757. The zero-order chi connectivity index (χ0) is 12.1. The van der Waals surface area contributed by atoms with E-state index in [0.717, 1.165) is 12.1 Å². The number of phenols is 1. The maximum atomic E-state index is 12.1. The highest BCUT2D eigenvalue weighted by Crippen LogP contribution is 2.22. The predicted molar refractivity (Wildman–Crippen MR) is 65.6 cm³/mol. The number of benzene rings is 1. The van der Waals surface area contributed by atoms with E-state index in [9.17, 15) is 9.90 Å². The molecule has 0 aliphatic heterocycles. The average molecular weight is 221 g/mol. The van der Waals surface area contributed by atoms with E-state index >= 15 is 0 Å². The monoisotopic (exact) mass is 221 g/mol. The molecule has 3 heteroatoms. The maximum absolute atomic E-state index is 12.1. The Bertz CT molecular complexity index is 363. The fourth-order valence-corrected chi connectivity index (χ4v) is 1.57. The molecular formula is C13H19NO2. The third-order valence-corrected chi connectivity index (χ3v) is 2.76. The van der Waals surface area contributed by atoms with Crippen LogP contribution in [0.15, 0.2) is 24.3 Å². The molecule has 0 heterocycles. The lowest BCUT2D eigenvalue weighted by Crippen LogP contribution is -2.34. The topological polar surface area (TPSA) is 40.5 Å². The highest BCUT2D eigenvalue weighted by atomic mass is 16.3. The predicted octanol–water partition coefficient (Wildman–Crippen LogP) is 2.79. The Balaban J connectivity index is 2.94. The van der Waals surface area contributed by atoms with Gasteiger partial charge < -0.3 is 10.0 Å². The summed E-state index contributed by atoms with van der Waals surface area (Å²) in [6, 6.07) is 6.80. The molecule has 1 amide bonds. The molecule has 0 aliphatic rings. The summed E-state index contributed by atoms with van der Waals surface area (Å²) in [6.45, 7) is 6.48. The van der Waals surface area contributed by atoms with Crippen molar-refractivity contribution in [1.29, 1.82) is 0 Å². The van der Waals surface area contributed by atoms with Crippen LogP contribution in [0.25, 0.3) is 0 Å². The van der Waals surface area contributed by atoms with Crippen molar-refractivity contribution in [2.45, 2.75) is 27.2 Å². The number of hydrogen-bond donors (Lipinski definition) is 1. The zero-order valence-corrected chi connectivity index (χ0v) is 10.1. The smallest absolute Gasteiger partial charge is 0.229 e. The lowest BCUT2D eigenvalue weighted by Gasteiger charge is -2.24. The first-order chi connectivity index (χ1) is 7.60. The second-order valence-electron chi connectivity index (χ2n) is 3.91. The van der Waals surface area contributed by atoms with Gasteiger partial charge in [0.1, 0.15) is 5.75 Å². The van der Waals surface area contributed by atoms with Crippen molar-refractivity contribution in [3.8, 4) is 5.75 Å². The van der Waals surface area contributed by atoms with Gasteiger partial charge in [-0.15, -0.1) is 0 Å². The first-order valence-corrected chi connectivity index (χ1v) is 5.70. The molecule has 1 atom stereocenters. The molecule has 1 unspecified atom stereocenters. The van der Waals surface area contributed by atoms with E-state index in [1.807, 2.05) is 26.8 Å². The van der Waals surface area contributed by atoms with Crippen LogP contribution in [0, 0.1) is 5.92 Å². The van der Waals surface area contributed by atoms with Gasteiger partial charge in [-0.3, -0.25) is 4.79 Å². The fraction of sp³-hybridized carbons (Fsp3) is 0.462. The zero-order valence-electron chi connectivity index (χ0n) is 10.1. The third-order valence-electron chi connectivity index (χ3n) is 2.76. The molecule has 0 saturated carbocycles. The molecule has 1 N–H and O–H groups in total. The van der Waals surface area contributed by atoms with Gasteiger partial charge in [-0.1, -0.05) is 19.9 Å². The molecule has 0 aromatic heterocycles. The van der Waals surface area contributed by atoms with Gasteiger partial charge >= 0.3 is 0 Å². The van der Waals surface area contributed by atoms with Crippen LogP contribution in [-0.2, 0) is 4.79 Å². The number of aromatic hydroxyl groups is 1. The van der Waals surface area contributed by atoms with Crippen LogP contribution in [-0.4, -0.2) is 17.6 Å². The number of nitrogens with zero attached hydrogens (tertiary/aromatic N) is 1. The van der Waals surface area contributed by atoms with Gasteiger partial charge in [-0.2, -0.15) is 0 Å². The Hall–Kier alpha value is -1.51. The minimum absolute atomic E-state index is 0.0160. The lowest BCUT2D eigenvalue weighted by atomic mass is 10.1. The molecular weight excluding hydrogens is 202 g/mol. The van der Waals surface area contributed by atoms with Crippen LogP contribution in [0.3, 0.4) is 0 Å². The Kier molecular flexibility index (Phi) is 4.35. The molecule has 0 fully saturated rings. The number of carbonyl (C=O) groups is 1. The van der Waals surface area contributed by atoms with Gasteiger partial charge in [0.25, 0.3) is 0 Å². The summed E-state index contributed by atoms with van der Waals surface area (Å²) in [7, 11) is 0. The molecule has 1 aromatic rings. The number of phenolic OH excluding ortho intramolecular Hbond substituents is 1. The van der Waals surface area contributed by atoms with Crippen molar-refractivity contribution >= 4 is 11.6 Å². The Morgan fingerprint density at radius 2 is 2.12 bits per heavy atom. The summed E-state index contributed by atoms with van der Waals surface area (Å²) in [5, 5.41) is 9.40. The van der Waals surface area contributed by atoms with E-state index in [4.69, 9.17) is 0 Å². The van der Waals surface area contributed by atoms with Gasteiger partial charge in [0, 0.05) is 24.2 Å². The minimum atomic E-state index is 0.0160. The quantitative estimate of drug-likeness (QED) is 0.849. The maximum Gasteiger partial charge on any atom is 0.229 e. The molecule has 1 aromatic carbocycles. The van der Waals surface area contributed by atoms with E-state index < -0.39 is 0 Å². The van der Waals surface area contributed by atoms with E-state index in [-0.39, 0.29) is 17.6 Å². The number of anilines is 1. The Labute approximate surface area is 96.7 Å². The van der Waals surface area contributed by atoms with Crippen molar-refractivity contribution in [3.05, 3.63) is 24.3 Å². The van der Waals surface area contributed by atoms with Gasteiger partial charge in [-0.05, 0) is 25.5 Å². The SMILES string of the molecule is CCC(C)C(=O)N(CC)c1cccc(O)c1. The second kappa shape index (κ2) is 5.54. The van der Waals surface area contributed by atoms with Crippen LogP contribution < -0.4 is 4.90 Å². The molecule has 0 radical (unpaired) electrons. The van der Waals surface area contributed by atoms with E-state index in [2.05, 4.69) is 0 Å².